The normalized spacial score (nSPS) is 8.73. The average molecular weight is 210 g/mol. The van der Waals surface area contributed by atoms with E-state index >= 15 is 0 Å². The molecule has 0 radical (unpaired) electrons. The van der Waals surface area contributed by atoms with Gasteiger partial charge < -0.3 is 0 Å². The monoisotopic (exact) mass is 209 g/mol. The van der Waals surface area contributed by atoms with Crippen LogP contribution in [0.15, 0.2) is 22.7 Å². The zero-order valence-corrected chi connectivity index (χ0v) is 7.13. The summed E-state index contributed by atoms with van der Waals surface area (Å²) in [6.45, 7) is 0. The standard InChI is InChI=1S/C8H4BrNO/c9-8-2-1-6(4-10)3-7(8)5-11/h1-3,5H. The smallest absolute Gasteiger partial charge is 0.151 e. The van der Waals surface area contributed by atoms with Crippen LogP contribution in [0.1, 0.15) is 15.9 Å². The molecule has 0 heterocycles. The SMILES string of the molecule is N#Cc1ccc(Br)c(C=O)c1. The second-order valence-electron chi connectivity index (χ2n) is 1.97. The molecule has 0 atom stereocenters. The van der Waals surface area contributed by atoms with Crippen LogP contribution >= 0.6 is 15.9 Å². The summed E-state index contributed by atoms with van der Waals surface area (Å²) in [5.74, 6) is 0. The minimum atomic E-state index is 0.496. The lowest BCUT2D eigenvalue weighted by Crippen LogP contribution is -1.83. The maximum atomic E-state index is 10.4. The van der Waals surface area contributed by atoms with Gasteiger partial charge in [0, 0.05) is 10.0 Å². The number of nitrogens with zero attached hydrogens (tertiary/aromatic N) is 1. The van der Waals surface area contributed by atoms with Crippen LogP contribution in [0.2, 0.25) is 0 Å². The van der Waals surface area contributed by atoms with E-state index in [1.165, 1.54) is 6.07 Å². The first-order chi connectivity index (χ1) is 5.27. The molecule has 1 aromatic carbocycles. The van der Waals surface area contributed by atoms with Crippen LogP contribution < -0.4 is 0 Å². The number of carbonyl (C=O) groups is 1. The molecule has 0 saturated carbocycles. The maximum absolute atomic E-state index is 10.4. The number of rotatable bonds is 1. The number of carbonyl (C=O) groups excluding carboxylic acids is 1. The van der Waals surface area contributed by atoms with Crippen molar-refractivity contribution in [2.45, 2.75) is 0 Å². The number of halogens is 1. The molecule has 0 aromatic heterocycles. The Balaban J connectivity index is 3.25. The number of hydrogen-bond acceptors (Lipinski definition) is 2. The highest BCUT2D eigenvalue weighted by Crippen LogP contribution is 2.15. The molecule has 2 nitrogen and oxygen atoms in total. The van der Waals surface area contributed by atoms with Crippen LogP contribution in [0.25, 0.3) is 0 Å². The summed E-state index contributed by atoms with van der Waals surface area (Å²) in [7, 11) is 0. The van der Waals surface area contributed by atoms with E-state index in [1.807, 2.05) is 6.07 Å². The summed E-state index contributed by atoms with van der Waals surface area (Å²) in [6, 6.07) is 6.82. The van der Waals surface area contributed by atoms with Crippen LogP contribution in [-0.2, 0) is 0 Å². The van der Waals surface area contributed by atoms with Crippen LogP contribution in [-0.4, -0.2) is 6.29 Å². The van der Waals surface area contributed by atoms with Crippen LogP contribution in [0, 0.1) is 11.3 Å². The molecule has 0 fully saturated rings. The predicted octanol–water partition coefficient (Wildman–Crippen LogP) is 2.13. The first kappa shape index (κ1) is 7.96. The van der Waals surface area contributed by atoms with Crippen molar-refractivity contribution >= 4 is 22.2 Å². The quantitative estimate of drug-likeness (QED) is 0.666. The van der Waals surface area contributed by atoms with Gasteiger partial charge in [-0.15, -0.1) is 0 Å². The molecule has 0 amide bonds. The fourth-order valence-corrected chi connectivity index (χ4v) is 1.04. The van der Waals surface area contributed by atoms with Gasteiger partial charge in [-0.2, -0.15) is 5.26 Å². The van der Waals surface area contributed by atoms with Crippen molar-refractivity contribution in [1.29, 1.82) is 5.26 Å². The van der Waals surface area contributed by atoms with E-state index in [4.69, 9.17) is 5.26 Å². The van der Waals surface area contributed by atoms with E-state index in [2.05, 4.69) is 15.9 Å². The fraction of sp³-hybridized carbons (Fsp3) is 0. The molecule has 0 aliphatic carbocycles. The first-order valence-electron chi connectivity index (χ1n) is 2.93. The second kappa shape index (κ2) is 3.31. The Hall–Kier alpha value is -1.14. The van der Waals surface area contributed by atoms with Gasteiger partial charge in [-0.25, -0.2) is 0 Å². The highest BCUT2D eigenvalue weighted by molar-refractivity contribution is 9.10. The third-order valence-corrected chi connectivity index (χ3v) is 1.97. The van der Waals surface area contributed by atoms with Gasteiger partial charge in [-0.05, 0) is 18.2 Å². The maximum Gasteiger partial charge on any atom is 0.151 e. The van der Waals surface area contributed by atoms with Gasteiger partial charge in [0.1, 0.15) is 0 Å². The number of nitriles is 1. The second-order valence-corrected chi connectivity index (χ2v) is 2.82. The lowest BCUT2D eigenvalue weighted by molar-refractivity contribution is 0.112. The largest absolute Gasteiger partial charge is 0.298 e. The summed E-state index contributed by atoms with van der Waals surface area (Å²) in [6.07, 6.45) is 0.713. The molecule has 1 aromatic rings. The van der Waals surface area contributed by atoms with Crippen molar-refractivity contribution in [2.24, 2.45) is 0 Å². The minimum Gasteiger partial charge on any atom is -0.298 e. The van der Waals surface area contributed by atoms with E-state index in [1.54, 1.807) is 12.1 Å². The molecule has 1 rings (SSSR count). The van der Waals surface area contributed by atoms with Crippen molar-refractivity contribution in [3.63, 3.8) is 0 Å². The molecule has 0 N–H and O–H groups in total. The molecule has 0 bridgehead atoms. The Kier molecular flexibility index (Phi) is 2.40. The van der Waals surface area contributed by atoms with Gasteiger partial charge in [-0.3, -0.25) is 4.79 Å². The van der Waals surface area contributed by atoms with Gasteiger partial charge in [0.2, 0.25) is 0 Å². The van der Waals surface area contributed by atoms with Crippen LogP contribution in [0.5, 0.6) is 0 Å². The summed E-state index contributed by atoms with van der Waals surface area (Å²) in [5.41, 5.74) is 0.999. The fourth-order valence-electron chi connectivity index (χ4n) is 0.704. The number of benzene rings is 1. The van der Waals surface area contributed by atoms with Crippen LogP contribution in [0.3, 0.4) is 0 Å². The predicted molar refractivity (Wildman–Crippen MR) is 44.2 cm³/mol. The first-order valence-corrected chi connectivity index (χ1v) is 3.72. The highest BCUT2D eigenvalue weighted by atomic mass is 79.9. The summed E-state index contributed by atoms with van der Waals surface area (Å²) in [5, 5.41) is 8.47. The highest BCUT2D eigenvalue weighted by Gasteiger charge is 1.98. The van der Waals surface area contributed by atoms with E-state index in [9.17, 15) is 4.79 Å². The zero-order chi connectivity index (χ0) is 8.27. The Labute approximate surface area is 72.6 Å². The van der Waals surface area contributed by atoms with Crippen molar-refractivity contribution in [3.05, 3.63) is 33.8 Å². The lowest BCUT2D eigenvalue weighted by atomic mass is 10.1. The van der Waals surface area contributed by atoms with E-state index in [-0.39, 0.29) is 0 Å². The minimum absolute atomic E-state index is 0.496. The summed E-state index contributed by atoms with van der Waals surface area (Å²) < 4.78 is 0.714. The topological polar surface area (TPSA) is 40.9 Å². The van der Waals surface area contributed by atoms with E-state index in [0.717, 1.165) is 0 Å². The summed E-state index contributed by atoms with van der Waals surface area (Å²) in [4.78, 5) is 10.4. The summed E-state index contributed by atoms with van der Waals surface area (Å²) >= 11 is 3.18. The van der Waals surface area contributed by atoms with Crippen LogP contribution in [0.4, 0.5) is 0 Å². The van der Waals surface area contributed by atoms with Gasteiger partial charge in [0.25, 0.3) is 0 Å². The molecule has 0 aliphatic rings. The molecule has 0 spiro atoms. The molecule has 3 heteroatoms. The molecule has 0 aliphatic heterocycles. The molecule has 11 heavy (non-hydrogen) atoms. The molecule has 54 valence electrons. The van der Waals surface area contributed by atoms with E-state index in [0.29, 0.717) is 21.9 Å². The third kappa shape index (κ3) is 1.66. The third-order valence-electron chi connectivity index (χ3n) is 1.25. The molecular formula is C8H4BrNO. The van der Waals surface area contributed by atoms with Crippen molar-refractivity contribution < 1.29 is 4.79 Å². The van der Waals surface area contributed by atoms with Gasteiger partial charge in [-0.1, -0.05) is 15.9 Å². The molecule has 0 saturated heterocycles. The molecular weight excluding hydrogens is 206 g/mol. The van der Waals surface area contributed by atoms with Gasteiger partial charge in [0.15, 0.2) is 6.29 Å². The average Bonchev–Trinajstić information content (AvgIpc) is 2.05. The number of hydrogen-bond donors (Lipinski definition) is 0. The zero-order valence-electron chi connectivity index (χ0n) is 5.54. The Morgan fingerprint density at radius 2 is 2.27 bits per heavy atom. The number of aldehydes is 1. The Morgan fingerprint density at radius 1 is 1.55 bits per heavy atom. The van der Waals surface area contributed by atoms with Crippen molar-refractivity contribution in [3.8, 4) is 6.07 Å². The van der Waals surface area contributed by atoms with Gasteiger partial charge in [0.05, 0.1) is 11.6 Å². The Bertz CT molecular complexity index is 327. The van der Waals surface area contributed by atoms with E-state index < -0.39 is 0 Å². The van der Waals surface area contributed by atoms with Crippen molar-refractivity contribution in [2.75, 3.05) is 0 Å². The molecule has 0 unspecified atom stereocenters. The van der Waals surface area contributed by atoms with Gasteiger partial charge >= 0.3 is 0 Å². The van der Waals surface area contributed by atoms with Crippen molar-refractivity contribution in [1.82, 2.24) is 0 Å². The lowest BCUT2D eigenvalue weighted by Gasteiger charge is -1.94. The Morgan fingerprint density at radius 3 is 2.82 bits per heavy atom.